The molecule has 0 unspecified atom stereocenters. The van der Waals surface area contributed by atoms with Gasteiger partial charge in [0.2, 0.25) is 10.0 Å². The topological polar surface area (TPSA) is 55.4 Å². The van der Waals surface area contributed by atoms with Crippen LogP contribution in [0.5, 0.6) is 0 Å². The number of hydrogen-bond donors (Lipinski definition) is 1. The van der Waals surface area contributed by atoms with Gasteiger partial charge in [-0.05, 0) is 61.6 Å². The summed E-state index contributed by atoms with van der Waals surface area (Å²) in [5.41, 5.74) is 1.28. The normalized spacial score (nSPS) is 19.5. The first-order chi connectivity index (χ1) is 11.6. The van der Waals surface area contributed by atoms with E-state index >= 15 is 0 Å². The second-order valence-electron chi connectivity index (χ2n) is 7.17. The van der Waals surface area contributed by atoms with E-state index in [2.05, 4.69) is 4.72 Å². The summed E-state index contributed by atoms with van der Waals surface area (Å²) in [6.45, 7) is 1.88. The van der Waals surface area contributed by atoms with Crippen molar-refractivity contribution >= 4 is 10.0 Å². The van der Waals surface area contributed by atoms with Gasteiger partial charge in [-0.1, -0.05) is 31.4 Å². The van der Waals surface area contributed by atoms with Gasteiger partial charge in [0.25, 0.3) is 0 Å². The first kappa shape index (κ1) is 17.9. The van der Waals surface area contributed by atoms with Crippen LogP contribution >= 0.6 is 0 Å². The van der Waals surface area contributed by atoms with Gasteiger partial charge < -0.3 is 4.74 Å². The fraction of sp³-hybridized carbons (Fsp3) is 0.684. The van der Waals surface area contributed by atoms with E-state index < -0.39 is 10.0 Å². The minimum atomic E-state index is -3.40. The van der Waals surface area contributed by atoms with Crippen molar-refractivity contribution in [2.45, 2.75) is 62.2 Å². The summed E-state index contributed by atoms with van der Waals surface area (Å²) in [5.74, 6) is 1.36. The van der Waals surface area contributed by atoms with E-state index in [1.54, 1.807) is 12.1 Å². The second kappa shape index (κ2) is 8.45. The summed E-state index contributed by atoms with van der Waals surface area (Å²) in [6, 6.07) is 7.47. The lowest BCUT2D eigenvalue weighted by molar-refractivity contribution is 0.123. The number of hydrogen-bond acceptors (Lipinski definition) is 3. The Morgan fingerprint density at radius 3 is 2.38 bits per heavy atom. The lowest BCUT2D eigenvalue weighted by atomic mass is 9.84. The Morgan fingerprint density at radius 1 is 1.00 bits per heavy atom. The average Bonchev–Trinajstić information content (AvgIpc) is 3.43. The third-order valence-electron chi connectivity index (χ3n) is 5.07. The van der Waals surface area contributed by atoms with E-state index in [1.807, 2.05) is 12.1 Å². The zero-order valence-electron chi connectivity index (χ0n) is 14.4. The van der Waals surface area contributed by atoms with Crippen molar-refractivity contribution in [1.29, 1.82) is 0 Å². The van der Waals surface area contributed by atoms with Crippen LogP contribution in [0.3, 0.4) is 0 Å². The lowest BCUT2D eigenvalue weighted by Crippen LogP contribution is -2.25. The minimum absolute atomic E-state index is 0.362. The maximum absolute atomic E-state index is 12.3. The number of ether oxygens (including phenoxy) is 1. The summed E-state index contributed by atoms with van der Waals surface area (Å²) in [4.78, 5) is 0.362. The lowest BCUT2D eigenvalue weighted by Gasteiger charge is -2.22. The van der Waals surface area contributed by atoms with Gasteiger partial charge in [-0.15, -0.1) is 0 Å². The highest BCUT2D eigenvalue weighted by Gasteiger charge is 2.21. The van der Waals surface area contributed by atoms with E-state index in [1.165, 1.54) is 50.5 Å². The monoisotopic (exact) mass is 351 g/mol. The van der Waals surface area contributed by atoms with Crippen molar-refractivity contribution in [3.63, 3.8) is 0 Å². The molecule has 5 heteroatoms. The molecule has 2 fully saturated rings. The predicted octanol–water partition coefficient (Wildman–Crippen LogP) is 3.83. The zero-order valence-corrected chi connectivity index (χ0v) is 15.2. The fourth-order valence-corrected chi connectivity index (χ4v) is 4.43. The third kappa shape index (κ3) is 5.30. The molecule has 0 saturated heterocycles. The second-order valence-corrected chi connectivity index (χ2v) is 8.94. The van der Waals surface area contributed by atoms with E-state index in [-0.39, 0.29) is 0 Å². The summed E-state index contributed by atoms with van der Waals surface area (Å²) in [7, 11) is -3.40. The largest absolute Gasteiger partial charge is 0.381 e. The summed E-state index contributed by atoms with van der Waals surface area (Å²) >= 11 is 0. The maximum Gasteiger partial charge on any atom is 0.240 e. The van der Waals surface area contributed by atoms with Gasteiger partial charge in [-0.25, -0.2) is 13.1 Å². The zero-order chi connectivity index (χ0) is 16.8. The molecule has 2 aliphatic rings. The molecule has 24 heavy (non-hydrogen) atoms. The highest BCUT2D eigenvalue weighted by atomic mass is 32.2. The minimum Gasteiger partial charge on any atom is -0.381 e. The van der Waals surface area contributed by atoms with Crippen molar-refractivity contribution in [1.82, 2.24) is 4.72 Å². The highest BCUT2D eigenvalue weighted by molar-refractivity contribution is 7.89. The van der Waals surface area contributed by atoms with Crippen LogP contribution in [0.4, 0.5) is 0 Å². The Bertz CT molecular complexity index is 602. The van der Waals surface area contributed by atoms with Crippen LogP contribution in [0.25, 0.3) is 0 Å². The average molecular weight is 352 g/mol. The molecule has 0 radical (unpaired) electrons. The highest BCUT2D eigenvalue weighted by Crippen LogP contribution is 2.32. The van der Waals surface area contributed by atoms with E-state index in [0.717, 1.165) is 12.5 Å². The molecule has 3 rings (SSSR count). The maximum atomic E-state index is 12.3. The SMILES string of the molecule is O=S(=O)(NCCCOCC1CC1)c1ccc(C2CCCCC2)cc1. The van der Waals surface area contributed by atoms with Crippen LogP contribution in [0.2, 0.25) is 0 Å². The molecule has 0 aromatic heterocycles. The van der Waals surface area contributed by atoms with Gasteiger partial charge >= 0.3 is 0 Å². The van der Waals surface area contributed by atoms with Gasteiger partial charge in [0.1, 0.15) is 0 Å². The number of nitrogens with one attached hydrogen (secondary N) is 1. The fourth-order valence-electron chi connectivity index (χ4n) is 3.35. The molecule has 1 N–H and O–H groups in total. The summed E-state index contributed by atoms with van der Waals surface area (Å²) < 4.78 is 32.8. The Morgan fingerprint density at radius 2 is 1.71 bits per heavy atom. The van der Waals surface area contributed by atoms with Gasteiger partial charge in [0, 0.05) is 19.8 Å². The molecule has 0 aliphatic heterocycles. The van der Waals surface area contributed by atoms with Crippen molar-refractivity contribution in [3.8, 4) is 0 Å². The number of sulfonamides is 1. The van der Waals surface area contributed by atoms with E-state index in [9.17, 15) is 8.42 Å². The predicted molar refractivity (Wildman–Crippen MR) is 95.6 cm³/mol. The molecule has 0 spiro atoms. The molecule has 1 aromatic carbocycles. The van der Waals surface area contributed by atoms with Crippen molar-refractivity contribution in [2.75, 3.05) is 19.8 Å². The van der Waals surface area contributed by atoms with Crippen LogP contribution in [0.1, 0.15) is 62.8 Å². The van der Waals surface area contributed by atoms with Crippen molar-refractivity contribution in [2.24, 2.45) is 5.92 Å². The van der Waals surface area contributed by atoms with Gasteiger partial charge in [-0.3, -0.25) is 0 Å². The van der Waals surface area contributed by atoms with Crippen LogP contribution in [-0.2, 0) is 14.8 Å². The summed E-state index contributed by atoms with van der Waals surface area (Å²) in [5, 5.41) is 0. The smallest absolute Gasteiger partial charge is 0.240 e. The Kier molecular flexibility index (Phi) is 6.31. The molecule has 2 saturated carbocycles. The van der Waals surface area contributed by atoms with Gasteiger partial charge in [-0.2, -0.15) is 0 Å². The molecular weight excluding hydrogens is 322 g/mol. The molecule has 2 aliphatic carbocycles. The molecule has 1 aromatic rings. The molecule has 0 bridgehead atoms. The van der Waals surface area contributed by atoms with Gasteiger partial charge in [0.05, 0.1) is 4.90 Å². The quantitative estimate of drug-likeness (QED) is 0.688. The van der Waals surface area contributed by atoms with E-state index in [0.29, 0.717) is 30.4 Å². The summed E-state index contributed by atoms with van der Waals surface area (Å²) in [6.07, 6.45) is 9.64. The first-order valence-electron chi connectivity index (χ1n) is 9.32. The van der Waals surface area contributed by atoms with Crippen LogP contribution in [0.15, 0.2) is 29.2 Å². The molecule has 0 amide bonds. The Hall–Kier alpha value is -0.910. The van der Waals surface area contributed by atoms with Crippen molar-refractivity contribution in [3.05, 3.63) is 29.8 Å². The Labute approximate surface area is 146 Å². The standard InChI is InChI=1S/C19H29NO3S/c21-24(22,20-13-4-14-23-15-16-7-8-16)19-11-9-18(10-12-19)17-5-2-1-3-6-17/h9-12,16-17,20H,1-8,13-15H2. The van der Waals surface area contributed by atoms with Crippen LogP contribution in [0, 0.1) is 5.92 Å². The molecule has 4 nitrogen and oxygen atoms in total. The van der Waals surface area contributed by atoms with E-state index in [4.69, 9.17) is 4.74 Å². The van der Waals surface area contributed by atoms with Crippen molar-refractivity contribution < 1.29 is 13.2 Å². The first-order valence-corrected chi connectivity index (χ1v) is 10.8. The molecule has 0 heterocycles. The molecular formula is C19H29NO3S. The molecule has 134 valence electrons. The molecule has 0 atom stereocenters. The van der Waals surface area contributed by atoms with Gasteiger partial charge in [0.15, 0.2) is 0 Å². The van der Waals surface area contributed by atoms with Crippen LogP contribution in [-0.4, -0.2) is 28.2 Å². The number of benzene rings is 1. The number of rotatable bonds is 9. The third-order valence-corrected chi connectivity index (χ3v) is 6.55. The Balaban J connectivity index is 1.44. The van der Waals surface area contributed by atoms with Crippen LogP contribution < -0.4 is 4.72 Å².